The summed E-state index contributed by atoms with van der Waals surface area (Å²) in [5.74, 6) is -0.441. The second kappa shape index (κ2) is 8.42. The molecule has 4 rings (SSSR count). The van der Waals surface area contributed by atoms with Crippen LogP contribution in [0.2, 0.25) is 10.0 Å². The Labute approximate surface area is 192 Å². The van der Waals surface area contributed by atoms with Crippen LogP contribution < -0.4 is 15.2 Å². The van der Waals surface area contributed by atoms with E-state index < -0.39 is 10.8 Å². The van der Waals surface area contributed by atoms with Crippen molar-refractivity contribution in [1.82, 2.24) is 10.2 Å². The van der Waals surface area contributed by atoms with Crippen LogP contribution in [0.25, 0.3) is 0 Å². The molecule has 0 bridgehead atoms. The van der Waals surface area contributed by atoms with E-state index in [0.29, 0.717) is 38.2 Å². The number of nitrogens with two attached hydrogens (primary N) is 1. The molecule has 3 aromatic rings. The fourth-order valence-corrected chi connectivity index (χ4v) is 4.04. The highest BCUT2D eigenvalue weighted by atomic mass is 35.5. The van der Waals surface area contributed by atoms with E-state index >= 15 is 0 Å². The van der Waals surface area contributed by atoms with E-state index in [1.165, 1.54) is 18.2 Å². The van der Waals surface area contributed by atoms with Gasteiger partial charge in [0.25, 0.3) is 5.69 Å². The summed E-state index contributed by atoms with van der Waals surface area (Å²) in [4.78, 5) is 11.0. The Morgan fingerprint density at radius 2 is 2.06 bits per heavy atom. The molecule has 2 aromatic carbocycles. The van der Waals surface area contributed by atoms with Gasteiger partial charge in [0, 0.05) is 44.6 Å². The maximum absolute atomic E-state index is 11.5. The Bertz CT molecular complexity index is 1290. The van der Waals surface area contributed by atoms with E-state index in [1.807, 2.05) is 6.07 Å². The van der Waals surface area contributed by atoms with E-state index in [1.54, 1.807) is 25.1 Å². The topological polar surface area (TPSA) is 140 Å². The van der Waals surface area contributed by atoms with E-state index in [0.717, 1.165) is 0 Å². The fraction of sp³-hybridized carbons (Fsp3) is 0.143. The monoisotopic (exact) mass is 471 g/mol. The molecule has 1 aromatic heterocycles. The molecule has 32 heavy (non-hydrogen) atoms. The van der Waals surface area contributed by atoms with Gasteiger partial charge in [-0.25, -0.2) is 0 Å². The Hall–Kier alpha value is -3.74. The van der Waals surface area contributed by atoms with Gasteiger partial charge in [-0.2, -0.15) is 5.26 Å². The molecule has 0 amide bonds. The minimum atomic E-state index is -0.792. The summed E-state index contributed by atoms with van der Waals surface area (Å²) in [6.45, 7) is 1.75. The predicted molar refractivity (Wildman–Crippen MR) is 117 cm³/mol. The summed E-state index contributed by atoms with van der Waals surface area (Å²) in [6.07, 6.45) is 0. The van der Waals surface area contributed by atoms with Crippen LogP contribution in [0.4, 0.5) is 5.69 Å². The number of aromatic nitrogens is 2. The van der Waals surface area contributed by atoms with Gasteiger partial charge in [0.05, 0.1) is 10.8 Å². The molecule has 1 aliphatic heterocycles. The fourth-order valence-electron chi connectivity index (χ4n) is 3.54. The van der Waals surface area contributed by atoms with Gasteiger partial charge in [-0.15, -0.1) is 5.10 Å². The lowest BCUT2D eigenvalue weighted by Crippen LogP contribution is -2.21. The SMILES string of the molecule is Cc1[nH]nc2c1[C@@H](c1cc([N+](=O)[O-])ccc1OCc1c(Cl)cccc1Cl)C(C#N)=C(N)O2. The number of non-ortho nitro benzene ring substituents is 1. The molecule has 0 saturated heterocycles. The third-order valence-corrected chi connectivity index (χ3v) is 5.79. The second-order valence-electron chi connectivity index (χ2n) is 6.96. The predicted octanol–water partition coefficient (Wildman–Crippen LogP) is 4.73. The molecule has 162 valence electrons. The summed E-state index contributed by atoms with van der Waals surface area (Å²) in [5.41, 5.74) is 7.96. The van der Waals surface area contributed by atoms with Gasteiger partial charge in [-0.05, 0) is 25.1 Å². The number of ether oxygens (including phenoxy) is 2. The first-order valence-electron chi connectivity index (χ1n) is 9.28. The number of nitrogens with zero attached hydrogens (tertiary/aromatic N) is 3. The summed E-state index contributed by atoms with van der Waals surface area (Å²) in [5, 5.41) is 29.0. The normalized spacial score (nSPS) is 15.0. The number of hydrogen-bond donors (Lipinski definition) is 2. The summed E-state index contributed by atoms with van der Waals surface area (Å²) in [6, 6.07) is 11.2. The molecule has 0 radical (unpaired) electrons. The van der Waals surface area contributed by atoms with E-state index in [2.05, 4.69) is 10.2 Å². The first kappa shape index (κ1) is 21.5. The number of nitro benzene ring substituents is 1. The summed E-state index contributed by atoms with van der Waals surface area (Å²) < 4.78 is 11.5. The van der Waals surface area contributed by atoms with Gasteiger partial charge >= 0.3 is 0 Å². The number of halogens is 2. The number of nitrogens with one attached hydrogen (secondary N) is 1. The summed E-state index contributed by atoms with van der Waals surface area (Å²) in [7, 11) is 0. The van der Waals surface area contributed by atoms with Crippen molar-refractivity contribution in [2.45, 2.75) is 19.4 Å². The molecule has 0 aliphatic carbocycles. The second-order valence-corrected chi connectivity index (χ2v) is 7.77. The van der Waals surface area contributed by atoms with Crippen molar-refractivity contribution in [3.63, 3.8) is 0 Å². The van der Waals surface area contributed by atoms with Crippen molar-refractivity contribution >= 4 is 28.9 Å². The lowest BCUT2D eigenvalue weighted by atomic mass is 9.83. The number of aryl methyl sites for hydroxylation is 1. The Morgan fingerprint density at radius 3 is 2.72 bits per heavy atom. The van der Waals surface area contributed by atoms with Gasteiger partial charge in [0.2, 0.25) is 11.8 Å². The van der Waals surface area contributed by atoms with E-state index in [9.17, 15) is 15.4 Å². The van der Waals surface area contributed by atoms with Gasteiger partial charge in [-0.1, -0.05) is 29.3 Å². The van der Waals surface area contributed by atoms with Crippen molar-refractivity contribution in [2.24, 2.45) is 5.73 Å². The first-order valence-corrected chi connectivity index (χ1v) is 10.0. The lowest BCUT2D eigenvalue weighted by molar-refractivity contribution is -0.384. The quantitative estimate of drug-likeness (QED) is 0.404. The van der Waals surface area contributed by atoms with Crippen molar-refractivity contribution in [1.29, 1.82) is 5.26 Å². The van der Waals surface area contributed by atoms with Crippen LogP contribution in [0.5, 0.6) is 11.6 Å². The molecule has 0 fully saturated rings. The number of hydrogen-bond acceptors (Lipinski definition) is 7. The molecular formula is C21H15Cl2N5O4. The average Bonchev–Trinajstić information content (AvgIpc) is 3.12. The Balaban J connectivity index is 1.86. The van der Waals surface area contributed by atoms with Gasteiger partial charge < -0.3 is 15.2 Å². The van der Waals surface area contributed by atoms with Crippen LogP contribution >= 0.6 is 23.2 Å². The molecule has 9 nitrogen and oxygen atoms in total. The maximum Gasteiger partial charge on any atom is 0.270 e. The first-order chi connectivity index (χ1) is 15.3. The third kappa shape index (κ3) is 3.70. The number of rotatable bonds is 5. The highest BCUT2D eigenvalue weighted by molar-refractivity contribution is 6.35. The third-order valence-electron chi connectivity index (χ3n) is 5.08. The van der Waals surface area contributed by atoms with Crippen LogP contribution in [-0.4, -0.2) is 15.1 Å². The Morgan fingerprint density at radius 1 is 1.34 bits per heavy atom. The molecule has 1 atom stereocenters. The largest absolute Gasteiger partial charge is 0.488 e. The highest BCUT2D eigenvalue weighted by Crippen LogP contribution is 2.46. The minimum Gasteiger partial charge on any atom is -0.488 e. The van der Waals surface area contributed by atoms with Crippen LogP contribution in [0.1, 0.15) is 28.3 Å². The lowest BCUT2D eigenvalue weighted by Gasteiger charge is -2.25. The minimum absolute atomic E-state index is 0.00481. The number of nitriles is 1. The van der Waals surface area contributed by atoms with Crippen molar-refractivity contribution in [2.75, 3.05) is 0 Å². The molecule has 0 saturated carbocycles. The highest BCUT2D eigenvalue weighted by Gasteiger charge is 2.36. The molecule has 0 spiro atoms. The van der Waals surface area contributed by atoms with Crippen LogP contribution in [0, 0.1) is 28.4 Å². The van der Waals surface area contributed by atoms with Gasteiger partial charge in [-0.3, -0.25) is 15.2 Å². The number of nitro groups is 1. The number of allylic oxidation sites excluding steroid dienone is 1. The van der Waals surface area contributed by atoms with E-state index in [4.69, 9.17) is 38.4 Å². The molecule has 0 unspecified atom stereocenters. The smallest absolute Gasteiger partial charge is 0.270 e. The number of fused-ring (bicyclic) bond motifs is 1. The molecular weight excluding hydrogens is 457 g/mol. The van der Waals surface area contributed by atoms with Gasteiger partial charge in [0.1, 0.15) is 24.0 Å². The molecule has 2 heterocycles. The van der Waals surface area contributed by atoms with Crippen LogP contribution in [-0.2, 0) is 6.61 Å². The zero-order chi connectivity index (χ0) is 23.0. The van der Waals surface area contributed by atoms with Crippen molar-refractivity contribution < 1.29 is 14.4 Å². The van der Waals surface area contributed by atoms with Gasteiger partial charge in [0.15, 0.2) is 0 Å². The summed E-state index contributed by atoms with van der Waals surface area (Å²) >= 11 is 12.5. The van der Waals surface area contributed by atoms with Crippen molar-refractivity contribution in [3.8, 4) is 17.7 Å². The maximum atomic E-state index is 11.5. The zero-order valence-corrected chi connectivity index (χ0v) is 18.1. The molecule has 1 aliphatic rings. The Kier molecular flexibility index (Phi) is 5.65. The van der Waals surface area contributed by atoms with Crippen LogP contribution in [0.3, 0.4) is 0 Å². The average molecular weight is 472 g/mol. The molecule has 11 heteroatoms. The van der Waals surface area contributed by atoms with Crippen molar-refractivity contribution in [3.05, 3.63) is 90.4 Å². The number of benzene rings is 2. The standard InChI is InChI=1S/C21H15Cl2N5O4/c1-10-18-19(13(8-24)20(25)32-21(18)27-26-10)12-7-11(28(29)30)5-6-17(12)31-9-14-15(22)3-2-4-16(14)23/h2-7,19H,9,25H2,1H3,(H,26,27)/t19-/m0/s1. The van der Waals surface area contributed by atoms with Crippen LogP contribution in [0.15, 0.2) is 47.9 Å². The van der Waals surface area contributed by atoms with E-state index in [-0.39, 0.29) is 29.6 Å². The molecule has 3 N–H and O–H groups in total. The zero-order valence-electron chi connectivity index (χ0n) is 16.6. The number of H-pyrrole nitrogens is 1. The number of aromatic amines is 1.